The first kappa shape index (κ1) is 17.3. The number of hydrogen-bond donors (Lipinski definition) is 1. The molecule has 2 heterocycles. The first-order valence-corrected chi connectivity index (χ1v) is 8.42. The van der Waals surface area contributed by atoms with E-state index in [0.29, 0.717) is 11.8 Å². The van der Waals surface area contributed by atoms with Gasteiger partial charge in [-0.05, 0) is 52.6 Å². The summed E-state index contributed by atoms with van der Waals surface area (Å²) in [5, 5.41) is 3.06. The molecule has 1 unspecified atom stereocenters. The van der Waals surface area contributed by atoms with Crippen LogP contribution in [-0.4, -0.2) is 60.9 Å². The van der Waals surface area contributed by atoms with E-state index in [2.05, 4.69) is 19.2 Å². The van der Waals surface area contributed by atoms with E-state index >= 15 is 0 Å². The highest BCUT2D eigenvalue weighted by molar-refractivity contribution is 5.89. The minimum atomic E-state index is -0.249. The van der Waals surface area contributed by atoms with Crippen molar-refractivity contribution in [3.63, 3.8) is 0 Å². The van der Waals surface area contributed by atoms with Crippen LogP contribution in [0.25, 0.3) is 0 Å². The summed E-state index contributed by atoms with van der Waals surface area (Å²) < 4.78 is 0. The average molecular weight is 309 g/mol. The maximum atomic E-state index is 12.7. The predicted molar refractivity (Wildman–Crippen MR) is 87.3 cm³/mol. The van der Waals surface area contributed by atoms with Gasteiger partial charge in [0.05, 0.1) is 11.5 Å². The second kappa shape index (κ2) is 6.19. The van der Waals surface area contributed by atoms with E-state index < -0.39 is 0 Å². The summed E-state index contributed by atoms with van der Waals surface area (Å²) in [6.45, 7) is 9.86. The molecule has 2 aliphatic heterocycles. The summed E-state index contributed by atoms with van der Waals surface area (Å²) in [6.07, 6.45) is 1.97. The van der Waals surface area contributed by atoms with Gasteiger partial charge in [0.1, 0.15) is 0 Å². The Morgan fingerprint density at radius 1 is 1.27 bits per heavy atom. The minimum Gasteiger partial charge on any atom is -0.351 e. The van der Waals surface area contributed by atoms with E-state index in [1.165, 1.54) is 0 Å². The van der Waals surface area contributed by atoms with Crippen molar-refractivity contribution >= 4 is 11.8 Å². The van der Waals surface area contributed by atoms with Gasteiger partial charge >= 0.3 is 0 Å². The summed E-state index contributed by atoms with van der Waals surface area (Å²) >= 11 is 0. The molecule has 2 rings (SSSR count). The minimum absolute atomic E-state index is 0.0450. The number of β-lactam (4-membered cyclic amide) rings is 1. The van der Waals surface area contributed by atoms with Gasteiger partial charge in [-0.3, -0.25) is 14.5 Å². The van der Waals surface area contributed by atoms with Crippen molar-refractivity contribution in [3.05, 3.63) is 0 Å². The van der Waals surface area contributed by atoms with Crippen LogP contribution in [0.1, 0.15) is 40.5 Å². The summed E-state index contributed by atoms with van der Waals surface area (Å²) in [6, 6.07) is 0.225. The molecule has 0 aliphatic carbocycles. The van der Waals surface area contributed by atoms with Crippen molar-refractivity contribution in [2.24, 2.45) is 17.3 Å². The molecule has 2 atom stereocenters. The molecule has 5 heteroatoms. The molecule has 5 nitrogen and oxygen atoms in total. The van der Waals surface area contributed by atoms with E-state index in [0.717, 1.165) is 25.9 Å². The summed E-state index contributed by atoms with van der Waals surface area (Å²) in [7, 11) is 3.95. The van der Waals surface area contributed by atoms with Crippen molar-refractivity contribution in [2.75, 3.05) is 27.2 Å². The fourth-order valence-electron chi connectivity index (χ4n) is 4.02. The van der Waals surface area contributed by atoms with Gasteiger partial charge in [0, 0.05) is 19.1 Å². The topological polar surface area (TPSA) is 52.7 Å². The Morgan fingerprint density at radius 2 is 1.82 bits per heavy atom. The SMILES string of the molecule is CC(C)[C@@H](C(=O)N1CCC(C2NC(=O)C2(C)C)CC1)N(C)C. The predicted octanol–water partition coefficient (Wildman–Crippen LogP) is 1.34. The summed E-state index contributed by atoms with van der Waals surface area (Å²) in [5.74, 6) is 1.21. The van der Waals surface area contributed by atoms with Crippen LogP contribution in [0, 0.1) is 17.3 Å². The van der Waals surface area contributed by atoms with E-state index in [1.54, 1.807) is 0 Å². The highest BCUT2D eigenvalue weighted by Gasteiger charge is 2.51. The van der Waals surface area contributed by atoms with Gasteiger partial charge in [0.2, 0.25) is 11.8 Å². The Balaban J connectivity index is 1.92. The van der Waals surface area contributed by atoms with Crippen LogP contribution in [0.5, 0.6) is 0 Å². The lowest BCUT2D eigenvalue weighted by atomic mass is 9.68. The van der Waals surface area contributed by atoms with Crippen molar-refractivity contribution in [3.8, 4) is 0 Å². The van der Waals surface area contributed by atoms with Gasteiger partial charge in [0.25, 0.3) is 0 Å². The van der Waals surface area contributed by atoms with E-state index in [-0.39, 0.29) is 29.3 Å². The summed E-state index contributed by atoms with van der Waals surface area (Å²) in [5.41, 5.74) is -0.249. The molecule has 2 fully saturated rings. The van der Waals surface area contributed by atoms with Crippen molar-refractivity contribution in [2.45, 2.75) is 52.6 Å². The molecule has 2 amide bonds. The van der Waals surface area contributed by atoms with Crippen LogP contribution in [0.2, 0.25) is 0 Å². The van der Waals surface area contributed by atoms with Crippen LogP contribution < -0.4 is 5.32 Å². The van der Waals surface area contributed by atoms with Gasteiger partial charge in [0.15, 0.2) is 0 Å². The molecule has 0 aromatic heterocycles. The normalized spacial score (nSPS) is 26.8. The molecule has 2 saturated heterocycles. The summed E-state index contributed by atoms with van der Waals surface area (Å²) in [4.78, 5) is 28.4. The Morgan fingerprint density at radius 3 is 2.18 bits per heavy atom. The second-order valence-electron chi connectivity index (χ2n) is 7.99. The number of carbonyl (C=O) groups is 2. The molecule has 0 aromatic carbocycles. The van der Waals surface area contributed by atoms with Crippen LogP contribution in [0.15, 0.2) is 0 Å². The molecule has 0 saturated carbocycles. The number of piperidine rings is 1. The molecule has 0 bridgehead atoms. The van der Waals surface area contributed by atoms with Gasteiger partial charge in [-0.1, -0.05) is 13.8 Å². The first-order chi connectivity index (χ1) is 10.2. The number of rotatable bonds is 4. The number of hydrogen-bond acceptors (Lipinski definition) is 3. The zero-order valence-corrected chi connectivity index (χ0v) is 14.8. The molecule has 0 radical (unpaired) electrons. The van der Waals surface area contributed by atoms with Gasteiger partial charge in [-0.25, -0.2) is 0 Å². The maximum absolute atomic E-state index is 12.7. The molecule has 2 aliphatic rings. The maximum Gasteiger partial charge on any atom is 0.240 e. The Bertz CT molecular complexity index is 429. The molecular formula is C17H31N3O2. The first-order valence-electron chi connectivity index (χ1n) is 8.42. The standard InChI is InChI=1S/C17H31N3O2/c1-11(2)13(19(5)6)15(21)20-9-7-12(8-10-20)14-17(3,4)16(22)18-14/h11-14H,7-10H2,1-6H3,(H,18,22)/t13-,14?/m0/s1. The number of likely N-dealkylation sites (N-methyl/N-ethyl adjacent to an activating group) is 1. The molecule has 22 heavy (non-hydrogen) atoms. The number of carbonyl (C=O) groups excluding carboxylic acids is 2. The lowest BCUT2D eigenvalue weighted by Crippen LogP contribution is -2.68. The van der Waals surface area contributed by atoms with Gasteiger partial charge in [-0.2, -0.15) is 0 Å². The average Bonchev–Trinajstić information content (AvgIpc) is 2.44. The zero-order chi connectivity index (χ0) is 16.7. The molecular weight excluding hydrogens is 278 g/mol. The van der Waals surface area contributed by atoms with Crippen molar-refractivity contribution in [1.29, 1.82) is 0 Å². The third kappa shape index (κ3) is 3.00. The zero-order valence-electron chi connectivity index (χ0n) is 14.8. The van der Waals surface area contributed by atoms with E-state index in [9.17, 15) is 9.59 Å². The third-order valence-electron chi connectivity index (χ3n) is 5.41. The Kier molecular flexibility index (Phi) is 4.85. The quantitative estimate of drug-likeness (QED) is 0.797. The Hall–Kier alpha value is -1.10. The molecule has 1 N–H and O–H groups in total. The lowest BCUT2D eigenvalue weighted by molar-refractivity contribution is -0.148. The molecule has 0 spiro atoms. The van der Waals surface area contributed by atoms with E-state index in [4.69, 9.17) is 0 Å². The second-order valence-corrected chi connectivity index (χ2v) is 7.99. The van der Waals surface area contributed by atoms with Crippen LogP contribution in [0.3, 0.4) is 0 Å². The number of amides is 2. The largest absolute Gasteiger partial charge is 0.351 e. The Labute approximate surface area is 134 Å². The highest BCUT2D eigenvalue weighted by Crippen LogP contribution is 2.38. The van der Waals surface area contributed by atoms with E-state index in [1.807, 2.05) is 37.7 Å². The highest BCUT2D eigenvalue weighted by atomic mass is 16.2. The van der Waals surface area contributed by atoms with Crippen molar-refractivity contribution < 1.29 is 9.59 Å². The smallest absolute Gasteiger partial charge is 0.240 e. The molecule has 126 valence electrons. The van der Waals surface area contributed by atoms with Crippen molar-refractivity contribution in [1.82, 2.24) is 15.1 Å². The van der Waals surface area contributed by atoms with Crippen LogP contribution in [-0.2, 0) is 9.59 Å². The third-order valence-corrected chi connectivity index (χ3v) is 5.41. The van der Waals surface area contributed by atoms with Gasteiger partial charge in [-0.15, -0.1) is 0 Å². The molecule has 0 aromatic rings. The van der Waals surface area contributed by atoms with Crippen LogP contribution >= 0.6 is 0 Å². The van der Waals surface area contributed by atoms with Crippen LogP contribution in [0.4, 0.5) is 0 Å². The fraction of sp³-hybridized carbons (Fsp3) is 0.882. The fourth-order valence-corrected chi connectivity index (χ4v) is 4.02. The number of nitrogens with zero attached hydrogens (tertiary/aromatic N) is 2. The monoisotopic (exact) mass is 309 g/mol. The number of likely N-dealkylation sites (tertiary alicyclic amines) is 1. The lowest BCUT2D eigenvalue weighted by Gasteiger charge is -2.50. The van der Waals surface area contributed by atoms with Gasteiger partial charge < -0.3 is 10.2 Å². The number of nitrogens with one attached hydrogen (secondary N) is 1.